The van der Waals surface area contributed by atoms with Crippen LogP contribution in [0.5, 0.6) is 0 Å². The largest absolute Gasteiger partial charge is 0.478 e. The Balaban J connectivity index is 1.99. The highest BCUT2D eigenvalue weighted by Gasteiger charge is 2.30. The number of hydrogen-bond acceptors (Lipinski definition) is 5. The highest BCUT2D eigenvalue weighted by molar-refractivity contribution is 7.88. The Morgan fingerprint density at radius 1 is 1.28 bits per heavy atom. The molecule has 1 aliphatic rings. The number of aromatic nitrogens is 2. The zero-order valence-corrected chi connectivity index (χ0v) is 14.8. The minimum atomic E-state index is -3.22. The van der Waals surface area contributed by atoms with E-state index >= 15 is 0 Å². The molecule has 0 spiro atoms. The summed E-state index contributed by atoms with van der Waals surface area (Å²) in [7, 11) is -3.22. The van der Waals surface area contributed by atoms with Crippen molar-refractivity contribution < 1.29 is 18.3 Å². The van der Waals surface area contributed by atoms with Crippen molar-refractivity contribution in [3.8, 4) is 11.3 Å². The van der Waals surface area contributed by atoms with E-state index in [-0.39, 0.29) is 11.5 Å². The monoisotopic (exact) mass is 361 g/mol. The van der Waals surface area contributed by atoms with Crippen LogP contribution in [-0.4, -0.2) is 53.1 Å². The molecule has 1 aliphatic heterocycles. The van der Waals surface area contributed by atoms with E-state index in [2.05, 4.69) is 9.97 Å². The summed E-state index contributed by atoms with van der Waals surface area (Å²) in [5, 5.41) is 9.38. The van der Waals surface area contributed by atoms with Crippen LogP contribution in [0.2, 0.25) is 0 Å². The summed E-state index contributed by atoms with van der Waals surface area (Å²) in [6.07, 6.45) is 1.89. The van der Waals surface area contributed by atoms with Gasteiger partial charge in [0.05, 0.1) is 17.5 Å². The molecule has 1 fully saturated rings. The number of nitrogens with zero attached hydrogens (tertiary/aromatic N) is 3. The SMILES string of the molecule is Cc1nc(-c2ccccc2C(=O)O)cc([C@@H]2CCN(S(C)(=O)=O)C2)n1. The molecule has 3 rings (SSSR count). The van der Waals surface area contributed by atoms with E-state index in [0.29, 0.717) is 36.6 Å². The van der Waals surface area contributed by atoms with Gasteiger partial charge in [0, 0.05) is 30.3 Å². The third kappa shape index (κ3) is 3.69. The first-order chi connectivity index (χ1) is 11.8. The second kappa shape index (κ2) is 6.53. The van der Waals surface area contributed by atoms with Crippen molar-refractivity contribution in [3.05, 3.63) is 47.4 Å². The Morgan fingerprint density at radius 2 is 2.00 bits per heavy atom. The van der Waals surface area contributed by atoms with Gasteiger partial charge in [0.2, 0.25) is 10.0 Å². The van der Waals surface area contributed by atoms with Crippen molar-refractivity contribution in [2.24, 2.45) is 0 Å². The van der Waals surface area contributed by atoms with Crippen LogP contribution in [0.1, 0.15) is 34.2 Å². The van der Waals surface area contributed by atoms with Crippen molar-refractivity contribution in [1.29, 1.82) is 0 Å². The summed E-state index contributed by atoms with van der Waals surface area (Å²) in [5.41, 5.74) is 1.99. The van der Waals surface area contributed by atoms with E-state index in [1.54, 1.807) is 31.2 Å². The van der Waals surface area contributed by atoms with Gasteiger partial charge in [-0.2, -0.15) is 0 Å². The molecular weight excluding hydrogens is 342 g/mol. The number of carbonyl (C=O) groups is 1. The topological polar surface area (TPSA) is 100 Å². The minimum absolute atomic E-state index is 0.0211. The molecule has 2 aromatic rings. The van der Waals surface area contributed by atoms with Crippen molar-refractivity contribution in [2.75, 3.05) is 19.3 Å². The Hall–Kier alpha value is -2.32. The predicted octanol–water partition coefficient (Wildman–Crippen LogP) is 1.90. The Morgan fingerprint density at radius 3 is 2.64 bits per heavy atom. The van der Waals surface area contributed by atoms with Crippen molar-refractivity contribution in [1.82, 2.24) is 14.3 Å². The molecule has 0 unspecified atom stereocenters. The molecule has 25 heavy (non-hydrogen) atoms. The van der Waals surface area contributed by atoms with E-state index < -0.39 is 16.0 Å². The lowest BCUT2D eigenvalue weighted by Gasteiger charge is -2.14. The number of aryl methyl sites for hydroxylation is 1. The normalized spacial score (nSPS) is 18.4. The van der Waals surface area contributed by atoms with Crippen LogP contribution >= 0.6 is 0 Å². The molecule has 8 heteroatoms. The summed E-state index contributed by atoms with van der Waals surface area (Å²) < 4.78 is 24.9. The molecule has 7 nitrogen and oxygen atoms in total. The molecule has 0 bridgehead atoms. The number of benzene rings is 1. The zero-order valence-electron chi connectivity index (χ0n) is 14.0. The van der Waals surface area contributed by atoms with Crippen LogP contribution in [0, 0.1) is 6.92 Å². The molecule has 0 aliphatic carbocycles. The molecular formula is C17H19N3O4S. The Labute approximate surface area is 146 Å². The van der Waals surface area contributed by atoms with Gasteiger partial charge in [-0.05, 0) is 25.5 Å². The summed E-state index contributed by atoms with van der Waals surface area (Å²) in [4.78, 5) is 20.3. The number of aromatic carboxylic acids is 1. The Kier molecular flexibility index (Phi) is 4.57. The molecule has 1 saturated heterocycles. The van der Waals surface area contributed by atoms with Gasteiger partial charge >= 0.3 is 5.97 Å². The van der Waals surface area contributed by atoms with Crippen LogP contribution < -0.4 is 0 Å². The molecule has 1 N–H and O–H groups in total. The van der Waals surface area contributed by atoms with Gasteiger partial charge in [0.25, 0.3) is 0 Å². The van der Waals surface area contributed by atoms with Crippen molar-refractivity contribution in [3.63, 3.8) is 0 Å². The average Bonchev–Trinajstić information content (AvgIpc) is 3.04. The quantitative estimate of drug-likeness (QED) is 0.893. The molecule has 0 radical (unpaired) electrons. The van der Waals surface area contributed by atoms with Gasteiger partial charge in [-0.3, -0.25) is 0 Å². The van der Waals surface area contributed by atoms with Gasteiger partial charge in [-0.15, -0.1) is 0 Å². The van der Waals surface area contributed by atoms with Gasteiger partial charge in [-0.25, -0.2) is 27.5 Å². The fourth-order valence-corrected chi connectivity index (χ4v) is 3.99. The molecule has 2 heterocycles. The van der Waals surface area contributed by atoms with Crippen LogP contribution in [-0.2, 0) is 10.0 Å². The summed E-state index contributed by atoms with van der Waals surface area (Å²) in [5.74, 6) is -0.504. The number of carboxylic acid groups (broad SMARTS) is 1. The first-order valence-corrected chi connectivity index (χ1v) is 9.74. The first-order valence-electron chi connectivity index (χ1n) is 7.89. The van der Waals surface area contributed by atoms with Crippen molar-refractivity contribution in [2.45, 2.75) is 19.3 Å². The number of rotatable bonds is 4. The highest BCUT2D eigenvalue weighted by atomic mass is 32.2. The van der Waals surface area contributed by atoms with Crippen LogP contribution in [0.15, 0.2) is 30.3 Å². The summed E-state index contributed by atoms with van der Waals surface area (Å²) >= 11 is 0. The van der Waals surface area contributed by atoms with Crippen LogP contribution in [0.4, 0.5) is 0 Å². The Bertz CT molecular complexity index is 927. The lowest BCUT2D eigenvalue weighted by atomic mass is 9.99. The fraction of sp³-hybridized carbons (Fsp3) is 0.353. The maximum atomic E-state index is 11.7. The third-order valence-corrected chi connectivity index (χ3v) is 5.60. The maximum absolute atomic E-state index is 11.7. The second-order valence-electron chi connectivity index (χ2n) is 6.18. The van der Waals surface area contributed by atoms with Crippen LogP contribution in [0.3, 0.4) is 0 Å². The third-order valence-electron chi connectivity index (χ3n) is 4.33. The fourth-order valence-electron chi connectivity index (χ4n) is 3.10. The van der Waals surface area contributed by atoms with Gasteiger partial charge in [-0.1, -0.05) is 18.2 Å². The smallest absolute Gasteiger partial charge is 0.336 e. The highest BCUT2D eigenvalue weighted by Crippen LogP contribution is 2.30. The van der Waals surface area contributed by atoms with Crippen molar-refractivity contribution >= 4 is 16.0 Å². The molecule has 0 saturated carbocycles. The molecule has 0 amide bonds. The molecule has 1 aromatic heterocycles. The molecule has 1 atom stereocenters. The summed E-state index contributed by atoms with van der Waals surface area (Å²) in [6.45, 7) is 2.60. The minimum Gasteiger partial charge on any atom is -0.478 e. The molecule has 132 valence electrons. The van der Waals surface area contributed by atoms with Crippen LogP contribution in [0.25, 0.3) is 11.3 Å². The van der Waals surface area contributed by atoms with E-state index in [1.165, 1.54) is 16.6 Å². The van der Waals surface area contributed by atoms with E-state index in [9.17, 15) is 18.3 Å². The lowest BCUT2D eigenvalue weighted by Crippen LogP contribution is -2.27. The van der Waals surface area contributed by atoms with E-state index in [4.69, 9.17) is 0 Å². The van der Waals surface area contributed by atoms with Gasteiger partial charge in [0.1, 0.15) is 5.82 Å². The zero-order chi connectivity index (χ0) is 18.2. The predicted molar refractivity (Wildman–Crippen MR) is 92.9 cm³/mol. The average molecular weight is 361 g/mol. The van der Waals surface area contributed by atoms with E-state index in [1.807, 2.05) is 0 Å². The lowest BCUT2D eigenvalue weighted by molar-refractivity contribution is 0.0697. The summed E-state index contributed by atoms with van der Waals surface area (Å²) in [6, 6.07) is 8.45. The number of carboxylic acids is 1. The number of sulfonamides is 1. The maximum Gasteiger partial charge on any atom is 0.336 e. The first kappa shape index (κ1) is 17.5. The second-order valence-corrected chi connectivity index (χ2v) is 8.17. The molecule has 1 aromatic carbocycles. The van der Waals surface area contributed by atoms with Gasteiger partial charge in [0.15, 0.2) is 0 Å². The van der Waals surface area contributed by atoms with Gasteiger partial charge < -0.3 is 5.11 Å². The number of hydrogen-bond donors (Lipinski definition) is 1. The standard InChI is InChI=1S/C17H19N3O4S/c1-11-18-15(12-7-8-20(10-12)25(2,23)24)9-16(19-11)13-5-3-4-6-14(13)17(21)22/h3-6,9,12H,7-8,10H2,1-2H3,(H,21,22)/t12-/m1/s1. The van der Waals surface area contributed by atoms with E-state index in [0.717, 1.165) is 5.69 Å².